The summed E-state index contributed by atoms with van der Waals surface area (Å²) in [5.41, 5.74) is 8.66. The van der Waals surface area contributed by atoms with Gasteiger partial charge in [-0.1, -0.05) is 37.6 Å². The van der Waals surface area contributed by atoms with Gasteiger partial charge in [0.15, 0.2) is 0 Å². The predicted octanol–water partition coefficient (Wildman–Crippen LogP) is 1.87. The van der Waals surface area contributed by atoms with Crippen LogP contribution in [0.15, 0.2) is 24.3 Å². The fourth-order valence-electron chi connectivity index (χ4n) is 2.06. The van der Waals surface area contributed by atoms with Gasteiger partial charge in [0.05, 0.1) is 18.6 Å². The zero-order valence-electron chi connectivity index (χ0n) is 9.33. The predicted molar refractivity (Wildman–Crippen MR) is 62.0 cm³/mol. The maximum absolute atomic E-state index is 5.82. The Labute approximate surface area is 91.4 Å². The summed E-state index contributed by atoms with van der Waals surface area (Å²) in [6.07, 6.45) is 2.36. The van der Waals surface area contributed by atoms with E-state index >= 15 is 0 Å². The molecule has 0 aliphatic carbocycles. The molecular formula is C13H19NO. The van der Waals surface area contributed by atoms with Crippen molar-refractivity contribution in [2.24, 2.45) is 5.73 Å². The maximum atomic E-state index is 5.82. The number of ether oxygens (including phenoxy) is 1. The smallest absolute Gasteiger partial charge is 0.0597 e. The number of hydrogen-bond acceptors (Lipinski definition) is 2. The van der Waals surface area contributed by atoms with Crippen molar-refractivity contribution in [3.63, 3.8) is 0 Å². The van der Waals surface area contributed by atoms with E-state index in [4.69, 9.17) is 10.5 Å². The van der Waals surface area contributed by atoms with Crippen LogP contribution < -0.4 is 5.73 Å². The summed E-state index contributed by atoms with van der Waals surface area (Å²) < 4.78 is 5.28. The third-order valence-corrected chi connectivity index (χ3v) is 3.25. The molecule has 1 aromatic carbocycles. The van der Waals surface area contributed by atoms with E-state index in [2.05, 4.69) is 31.2 Å². The van der Waals surface area contributed by atoms with Gasteiger partial charge in [0.1, 0.15) is 0 Å². The zero-order chi connectivity index (χ0) is 10.7. The van der Waals surface area contributed by atoms with Crippen molar-refractivity contribution >= 4 is 0 Å². The molecule has 82 valence electrons. The SMILES string of the molecule is CCCc1ccc(C2(CN)COC2)cc1. The summed E-state index contributed by atoms with van der Waals surface area (Å²) in [5, 5.41) is 0. The van der Waals surface area contributed by atoms with Crippen LogP contribution in [-0.4, -0.2) is 19.8 Å². The summed E-state index contributed by atoms with van der Waals surface area (Å²) in [7, 11) is 0. The fraction of sp³-hybridized carbons (Fsp3) is 0.538. The van der Waals surface area contributed by atoms with Gasteiger partial charge in [-0.3, -0.25) is 0 Å². The molecule has 2 nitrogen and oxygen atoms in total. The van der Waals surface area contributed by atoms with Crippen molar-refractivity contribution < 1.29 is 4.74 Å². The van der Waals surface area contributed by atoms with E-state index in [1.54, 1.807) is 0 Å². The van der Waals surface area contributed by atoms with E-state index < -0.39 is 0 Å². The van der Waals surface area contributed by atoms with Gasteiger partial charge in [-0.2, -0.15) is 0 Å². The molecule has 0 bridgehead atoms. The Hall–Kier alpha value is -0.860. The first kappa shape index (κ1) is 10.7. The molecule has 1 heterocycles. The highest BCUT2D eigenvalue weighted by Gasteiger charge is 2.38. The van der Waals surface area contributed by atoms with Crippen molar-refractivity contribution in [2.45, 2.75) is 25.2 Å². The van der Waals surface area contributed by atoms with Crippen LogP contribution in [0.4, 0.5) is 0 Å². The molecule has 1 aliphatic heterocycles. The van der Waals surface area contributed by atoms with Gasteiger partial charge in [-0.05, 0) is 17.5 Å². The van der Waals surface area contributed by atoms with Crippen LogP contribution in [0.1, 0.15) is 24.5 Å². The van der Waals surface area contributed by atoms with Gasteiger partial charge in [-0.25, -0.2) is 0 Å². The lowest BCUT2D eigenvalue weighted by molar-refractivity contribution is -0.0550. The highest BCUT2D eigenvalue weighted by Crippen LogP contribution is 2.31. The van der Waals surface area contributed by atoms with Crippen molar-refractivity contribution in [1.29, 1.82) is 0 Å². The Bertz CT molecular complexity index is 308. The van der Waals surface area contributed by atoms with E-state index in [1.807, 2.05) is 0 Å². The minimum Gasteiger partial charge on any atom is -0.379 e. The third-order valence-electron chi connectivity index (χ3n) is 3.25. The van der Waals surface area contributed by atoms with Crippen LogP contribution in [0.2, 0.25) is 0 Å². The lowest BCUT2D eigenvalue weighted by atomic mass is 9.78. The van der Waals surface area contributed by atoms with Gasteiger partial charge in [0.2, 0.25) is 0 Å². The first-order chi connectivity index (χ1) is 7.30. The second-order valence-corrected chi connectivity index (χ2v) is 4.42. The Balaban J connectivity index is 2.15. The number of benzene rings is 1. The standard InChI is InChI=1S/C13H19NO/c1-2-3-11-4-6-12(7-5-11)13(8-14)9-15-10-13/h4-7H,2-3,8-10,14H2,1H3. The average Bonchev–Trinajstić information content (AvgIpc) is 2.20. The Morgan fingerprint density at radius 2 is 1.93 bits per heavy atom. The molecule has 0 amide bonds. The van der Waals surface area contributed by atoms with Gasteiger partial charge < -0.3 is 10.5 Å². The van der Waals surface area contributed by atoms with Crippen LogP contribution in [0.5, 0.6) is 0 Å². The number of hydrogen-bond donors (Lipinski definition) is 1. The van der Waals surface area contributed by atoms with Crippen LogP contribution in [0.3, 0.4) is 0 Å². The summed E-state index contributed by atoms with van der Waals surface area (Å²) >= 11 is 0. The average molecular weight is 205 g/mol. The minimum atomic E-state index is 0.102. The van der Waals surface area contributed by atoms with E-state index in [-0.39, 0.29) is 5.41 Å². The van der Waals surface area contributed by atoms with E-state index in [0.29, 0.717) is 6.54 Å². The molecule has 0 aromatic heterocycles. The van der Waals surface area contributed by atoms with Crippen molar-refractivity contribution in [3.8, 4) is 0 Å². The number of rotatable bonds is 4. The normalized spacial score (nSPS) is 18.5. The van der Waals surface area contributed by atoms with E-state index in [0.717, 1.165) is 19.6 Å². The Morgan fingerprint density at radius 1 is 1.27 bits per heavy atom. The summed E-state index contributed by atoms with van der Waals surface area (Å²) in [4.78, 5) is 0. The van der Waals surface area contributed by atoms with Gasteiger partial charge in [0.25, 0.3) is 0 Å². The van der Waals surface area contributed by atoms with E-state index in [1.165, 1.54) is 17.5 Å². The summed E-state index contributed by atoms with van der Waals surface area (Å²) in [6.45, 7) is 4.43. The second kappa shape index (κ2) is 4.33. The lowest BCUT2D eigenvalue weighted by Gasteiger charge is -2.41. The first-order valence-electron chi connectivity index (χ1n) is 5.68. The molecule has 0 unspecified atom stereocenters. The topological polar surface area (TPSA) is 35.2 Å². The molecule has 0 atom stereocenters. The molecule has 2 rings (SSSR count). The summed E-state index contributed by atoms with van der Waals surface area (Å²) in [6, 6.07) is 8.85. The molecule has 2 heteroatoms. The van der Waals surface area contributed by atoms with Crippen LogP contribution in [-0.2, 0) is 16.6 Å². The maximum Gasteiger partial charge on any atom is 0.0597 e. The van der Waals surface area contributed by atoms with Gasteiger partial charge in [0, 0.05) is 6.54 Å². The molecule has 0 spiro atoms. The second-order valence-electron chi connectivity index (χ2n) is 4.42. The molecule has 1 fully saturated rings. The fourth-order valence-corrected chi connectivity index (χ4v) is 2.06. The molecule has 1 saturated heterocycles. The highest BCUT2D eigenvalue weighted by molar-refractivity contribution is 5.31. The molecular weight excluding hydrogens is 186 g/mol. The molecule has 1 aliphatic rings. The van der Waals surface area contributed by atoms with Gasteiger partial charge in [-0.15, -0.1) is 0 Å². The lowest BCUT2D eigenvalue weighted by Crippen LogP contribution is -2.52. The monoisotopic (exact) mass is 205 g/mol. The van der Waals surface area contributed by atoms with Crippen LogP contribution >= 0.6 is 0 Å². The van der Waals surface area contributed by atoms with Crippen LogP contribution in [0, 0.1) is 0 Å². The molecule has 1 aromatic rings. The number of nitrogens with two attached hydrogens (primary N) is 1. The Kier molecular flexibility index (Phi) is 3.08. The molecule has 2 N–H and O–H groups in total. The van der Waals surface area contributed by atoms with Crippen molar-refractivity contribution in [2.75, 3.05) is 19.8 Å². The van der Waals surface area contributed by atoms with Crippen molar-refractivity contribution in [1.82, 2.24) is 0 Å². The molecule has 0 saturated carbocycles. The van der Waals surface area contributed by atoms with E-state index in [9.17, 15) is 0 Å². The minimum absolute atomic E-state index is 0.102. The first-order valence-corrected chi connectivity index (χ1v) is 5.68. The molecule has 0 radical (unpaired) electrons. The number of aryl methyl sites for hydroxylation is 1. The Morgan fingerprint density at radius 3 is 2.33 bits per heavy atom. The third kappa shape index (κ3) is 1.92. The summed E-state index contributed by atoms with van der Waals surface area (Å²) in [5.74, 6) is 0. The highest BCUT2D eigenvalue weighted by atomic mass is 16.5. The largest absolute Gasteiger partial charge is 0.379 e. The molecule has 15 heavy (non-hydrogen) atoms. The quantitative estimate of drug-likeness (QED) is 0.814. The van der Waals surface area contributed by atoms with Gasteiger partial charge >= 0.3 is 0 Å². The van der Waals surface area contributed by atoms with Crippen molar-refractivity contribution in [3.05, 3.63) is 35.4 Å². The van der Waals surface area contributed by atoms with Crippen LogP contribution in [0.25, 0.3) is 0 Å². The zero-order valence-corrected chi connectivity index (χ0v) is 9.33.